The molecule has 1 aliphatic carbocycles. The normalized spacial score (nSPS) is 21.3. The van der Waals surface area contributed by atoms with Gasteiger partial charge < -0.3 is 20.3 Å². The van der Waals surface area contributed by atoms with Crippen LogP contribution in [0.15, 0.2) is 24.3 Å². The van der Waals surface area contributed by atoms with Gasteiger partial charge in [-0.1, -0.05) is 24.3 Å². The Balaban J connectivity index is 1.63. The molecule has 25 heavy (non-hydrogen) atoms. The van der Waals surface area contributed by atoms with E-state index < -0.39 is 0 Å². The van der Waals surface area contributed by atoms with E-state index in [4.69, 9.17) is 4.74 Å². The van der Waals surface area contributed by atoms with Crippen molar-refractivity contribution in [2.24, 2.45) is 0 Å². The Morgan fingerprint density at radius 2 is 2.12 bits per heavy atom. The van der Waals surface area contributed by atoms with Crippen molar-refractivity contribution < 1.29 is 9.53 Å². The highest BCUT2D eigenvalue weighted by molar-refractivity contribution is 5.77. The smallest absolute Gasteiger partial charge is 0.248 e. The summed E-state index contributed by atoms with van der Waals surface area (Å²) in [4.78, 5) is 14.2. The maximum Gasteiger partial charge on any atom is 0.248 e. The number of benzene rings is 1. The van der Waals surface area contributed by atoms with Gasteiger partial charge in [-0.05, 0) is 63.5 Å². The van der Waals surface area contributed by atoms with Crippen molar-refractivity contribution in [1.82, 2.24) is 15.5 Å². The number of carbonyl (C=O) groups excluding carboxylic acids is 1. The number of piperidine rings is 1. The van der Waals surface area contributed by atoms with Crippen LogP contribution in [0.5, 0.6) is 0 Å². The molecule has 0 saturated carbocycles. The number of amides is 1. The lowest BCUT2D eigenvalue weighted by Crippen LogP contribution is -2.47. The summed E-state index contributed by atoms with van der Waals surface area (Å²) < 4.78 is 6.23. The number of rotatable bonds is 7. The molecule has 0 radical (unpaired) electrons. The second-order valence-corrected chi connectivity index (χ2v) is 7.34. The van der Waals surface area contributed by atoms with Crippen molar-refractivity contribution in [1.29, 1.82) is 0 Å². The molecule has 1 saturated heterocycles. The third-order valence-electron chi connectivity index (χ3n) is 5.83. The van der Waals surface area contributed by atoms with Crippen molar-refractivity contribution in [2.45, 2.75) is 37.2 Å². The first-order chi connectivity index (χ1) is 12.2. The minimum absolute atomic E-state index is 0.0762. The Kier molecular flexibility index (Phi) is 6.10. The highest BCUT2D eigenvalue weighted by atomic mass is 16.5. The van der Waals surface area contributed by atoms with Crippen molar-refractivity contribution in [3.05, 3.63) is 35.4 Å². The largest absolute Gasteiger partial charge is 0.367 e. The van der Waals surface area contributed by atoms with Gasteiger partial charge in [0.2, 0.25) is 5.91 Å². The van der Waals surface area contributed by atoms with Crippen LogP contribution < -0.4 is 10.6 Å². The Morgan fingerprint density at radius 3 is 2.88 bits per heavy atom. The number of carbonyl (C=O) groups is 1. The van der Waals surface area contributed by atoms with Crippen LogP contribution in [0.4, 0.5) is 0 Å². The molecule has 1 heterocycles. The van der Waals surface area contributed by atoms with E-state index in [2.05, 4.69) is 34.9 Å². The SMILES string of the molecule is CNCCCN(C)C(=O)COC1Cc2ccccc2C12CCNCC2. The van der Waals surface area contributed by atoms with Gasteiger partial charge in [0.1, 0.15) is 6.61 Å². The average Bonchev–Trinajstić information content (AvgIpc) is 2.94. The van der Waals surface area contributed by atoms with Crippen LogP contribution >= 0.6 is 0 Å². The number of nitrogens with zero attached hydrogens (tertiary/aromatic N) is 1. The van der Waals surface area contributed by atoms with Crippen LogP contribution in [0.25, 0.3) is 0 Å². The van der Waals surface area contributed by atoms with Gasteiger partial charge in [-0.15, -0.1) is 0 Å². The average molecular weight is 345 g/mol. The number of hydrogen-bond acceptors (Lipinski definition) is 4. The monoisotopic (exact) mass is 345 g/mol. The zero-order valence-corrected chi connectivity index (χ0v) is 15.5. The van der Waals surface area contributed by atoms with Crippen molar-refractivity contribution >= 4 is 5.91 Å². The fraction of sp³-hybridized carbons (Fsp3) is 0.650. The summed E-state index contributed by atoms with van der Waals surface area (Å²) in [7, 11) is 3.80. The second-order valence-electron chi connectivity index (χ2n) is 7.34. The van der Waals surface area contributed by atoms with Gasteiger partial charge in [0.05, 0.1) is 6.10 Å². The molecule has 1 amide bonds. The first-order valence-electron chi connectivity index (χ1n) is 9.46. The summed E-state index contributed by atoms with van der Waals surface area (Å²) in [5, 5.41) is 6.57. The van der Waals surface area contributed by atoms with Crippen molar-refractivity contribution in [3.8, 4) is 0 Å². The number of likely N-dealkylation sites (N-methyl/N-ethyl adjacent to an activating group) is 1. The highest BCUT2D eigenvalue weighted by Crippen LogP contribution is 2.46. The molecule has 1 aliphatic heterocycles. The van der Waals surface area contributed by atoms with Crippen LogP contribution in [0.3, 0.4) is 0 Å². The first kappa shape index (κ1) is 18.4. The molecular weight excluding hydrogens is 314 g/mol. The quantitative estimate of drug-likeness (QED) is 0.732. The standard InChI is InChI=1S/C20H31N3O2/c1-21-10-5-13-23(2)19(24)15-25-18-14-16-6-3-4-7-17(16)20(18)8-11-22-12-9-20/h3-4,6-7,18,21-22H,5,8-15H2,1-2H3. The predicted molar refractivity (Wildman–Crippen MR) is 99.8 cm³/mol. The van der Waals surface area contributed by atoms with E-state index in [1.54, 1.807) is 4.90 Å². The topological polar surface area (TPSA) is 53.6 Å². The maximum atomic E-state index is 12.4. The Labute approximate surface area is 151 Å². The molecule has 2 aliphatic rings. The summed E-state index contributed by atoms with van der Waals surface area (Å²) in [5.41, 5.74) is 2.91. The molecule has 5 nitrogen and oxygen atoms in total. The van der Waals surface area contributed by atoms with Crippen LogP contribution in [-0.4, -0.2) is 63.8 Å². The highest BCUT2D eigenvalue weighted by Gasteiger charge is 2.47. The van der Waals surface area contributed by atoms with Gasteiger partial charge in [0, 0.05) is 19.0 Å². The molecule has 1 unspecified atom stereocenters. The summed E-state index contributed by atoms with van der Waals surface area (Å²) in [6, 6.07) is 8.71. The van der Waals surface area contributed by atoms with Gasteiger partial charge in [-0.25, -0.2) is 0 Å². The van der Waals surface area contributed by atoms with Crippen molar-refractivity contribution in [2.75, 3.05) is 46.9 Å². The number of hydrogen-bond donors (Lipinski definition) is 2. The molecule has 138 valence electrons. The minimum atomic E-state index is 0.0762. The molecule has 1 fully saturated rings. The molecule has 5 heteroatoms. The van der Waals surface area contributed by atoms with Gasteiger partial charge in [-0.2, -0.15) is 0 Å². The van der Waals surface area contributed by atoms with E-state index in [1.165, 1.54) is 11.1 Å². The van der Waals surface area contributed by atoms with E-state index >= 15 is 0 Å². The van der Waals surface area contributed by atoms with Crippen molar-refractivity contribution in [3.63, 3.8) is 0 Å². The summed E-state index contributed by atoms with van der Waals surface area (Å²) in [5.74, 6) is 0.0798. The van der Waals surface area contributed by atoms with Crippen LogP contribution in [-0.2, 0) is 21.4 Å². The molecule has 2 N–H and O–H groups in total. The van der Waals surface area contributed by atoms with Crippen LogP contribution in [0.2, 0.25) is 0 Å². The number of ether oxygens (including phenoxy) is 1. The molecule has 1 aromatic rings. The molecule has 1 atom stereocenters. The van der Waals surface area contributed by atoms with Gasteiger partial charge in [0.15, 0.2) is 0 Å². The lowest BCUT2D eigenvalue weighted by atomic mass is 9.72. The molecule has 0 bridgehead atoms. The van der Waals surface area contributed by atoms with E-state index in [0.717, 1.165) is 51.9 Å². The van der Waals surface area contributed by atoms with Gasteiger partial charge >= 0.3 is 0 Å². The zero-order chi connectivity index (χ0) is 17.7. The van der Waals surface area contributed by atoms with Crippen LogP contribution in [0, 0.1) is 0 Å². The predicted octanol–water partition coefficient (Wildman–Crippen LogP) is 1.32. The minimum Gasteiger partial charge on any atom is -0.367 e. The lowest BCUT2D eigenvalue weighted by Gasteiger charge is -2.40. The number of nitrogens with one attached hydrogen (secondary N) is 2. The summed E-state index contributed by atoms with van der Waals surface area (Å²) in [6.45, 7) is 3.91. The van der Waals surface area contributed by atoms with E-state index in [0.29, 0.717) is 0 Å². The fourth-order valence-corrected chi connectivity index (χ4v) is 4.33. The van der Waals surface area contributed by atoms with Gasteiger partial charge in [0.25, 0.3) is 0 Å². The fourth-order valence-electron chi connectivity index (χ4n) is 4.33. The second kappa shape index (κ2) is 8.30. The third kappa shape index (κ3) is 3.89. The Hall–Kier alpha value is -1.43. The molecule has 1 aromatic carbocycles. The maximum absolute atomic E-state index is 12.4. The van der Waals surface area contributed by atoms with E-state index in [1.807, 2.05) is 14.1 Å². The van der Waals surface area contributed by atoms with E-state index in [9.17, 15) is 4.79 Å². The summed E-state index contributed by atoms with van der Waals surface area (Å²) in [6.07, 6.45) is 4.17. The third-order valence-corrected chi connectivity index (χ3v) is 5.83. The number of fused-ring (bicyclic) bond motifs is 2. The Bertz CT molecular complexity index is 584. The molecule has 3 rings (SSSR count). The van der Waals surface area contributed by atoms with Crippen LogP contribution in [0.1, 0.15) is 30.4 Å². The molecule has 1 spiro atoms. The summed E-state index contributed by atoms with van der Waals surface area (Å²) >= 11 is 0. The lowest BCUT2D eigenvalue weighted by molar-refractivity contribution is -0.138. The first-order valence-corrected chi connectivity index (χ1v) is 9.46. The Morgan fingerprint density at radius 1 is 1.36 bits per heavy atom. The molecular formula is C20H31N3O2. The zero-order valence-electron chi connectivity index (χ0n) is 15.5. The van der Waals surface area contributed by atoms with Gasteiger partial charge in [-0.3, -0.25) is 4.79 Å². The van der Waals surface area contributed by atoms with E-state index in [-0.39, 0.29) is 24.0 Å². The molecule has 0 aromatic heterocycles.